The first-order valence-corrected chi connectivity index (χ1v) is 10.9. The fraction of sp³-hybridized carbons (Fsp3) is 0.280. The quantitative estimate of drug-likeness (QED) is 0.418. The molecule has 0 saturated heterocycles. The Balaban J connectivity index is 2.18. The average Bonchev–Trinajstić information content (AvgIpc) is 3.13. The first-order valence-electron chi connectivity index (χ1n) is 10.9. The molecule has 2 aromatic carbocycles. The Bertz CT molecular complexity index is 1300. The first kappa shape index (κ1) is 26.9. The molecule has 1 atom stereocenters. The number of amides is 1. The van der Waals surface area contributed by atoms with Gasteiger partial charge in [0.15, 0.2) is 11.5 Å². The summed E-state index contributed by atoms with van der Waals surface area (Å²) in [5, 5.41) is 5.33. The largest absolute Gasteiger partial charge is 0.443 e. The lowest BCUT2D eigenvalue weighted by Gasteiger charge is -2.32. The average molecular weight is 512 g/mol. The maximum atomic E-state index is 12.6. The fourth-order valence-electron chi connectivity index (χ4n) is 3.59. The summed E-state index contributed by atoms with van der Waals surface area (Å²) in [6.07, 6.45) is 0. The van der Waals surface area contributed by atoms with E-state index in [2.05, 4.69) is 5.10 Å². The third-order valence-corrected chi connectivity index (χ3v) is 4.85. The number of hydrogen-bond donors (Lipinski definition) is 0. The van der Waals surface area contributed by atoms with Crippen LogP contribution in [0.25, 0.3) is 0 Å². The highest BCUT2D eigenvalue weighted by Crippen LogP contribution is 2.44. The van der Waals surface area contributed by atoms with Gasteiger partial charge in [0.2, 0.25) is 23.3 Å². The highest BCUT2D eigenvalue weighted by atomic mass is 16.6. The summed E-state index contributed by atoms with van der Waals surface area (Å²) < 4.78 is 26.9. The Morgan fingerprint density at radius 3 is 1.73 bits per heavy atom. The number of hydrogen-bond acceptors (Lipinski definition) is 11. The SMILES string of the molecule is CC(=O)Oc1ccccc1[C@@]1(C)OC(c2cc(OC(C)=O)c(OC(C)=O)c(OC(C)=O)c2)=NN1C(C)=O. The van der Waals surface area contributed by atoms with Gasteiger partial charge in [-0.15, -0.1) is 5.10 Å². The van der Waals surface area contributed by atoms with E-state index in [0.717, 1.165) is 25.8 Å². The minimum absolute atomic E-state index is 0.114. The van der Waals surface area contributed by atoms with Gasteiger partial charge >= 0.3 is 23.9 Å². The molecule has 0 fully saturated rings. The zero-order valence-electron chi connectivity index (χ0n) is 20.9. The summed E-state index contributed by atoms with van der Waals surface area (Å²) in [7, 11) is 0. The van der Waals surface area contributed by atoms with Crippen LogP contribution in [0.15, 0.2) is 41.5 Å². The topological polar surface area (TPSA) is 147 Å². The standard InChI is InChI=1S/C25H24N2O10/c1-13(28)27-25(6,19-9-7-8-10-20(19)33-14(2)29)37-24(26-27)18-11-21(34-15(3)30)23(36-17(5)32)22(12-18)35-16(4)31/h7-12H,1-6H3/t25-/m1/s1. The third kappa shape index (κ3) is 5.92. The number of nitrogens with zero attached hydrogens (tertiary/aromatic N) is 2. The number of rotatable bonds is 6. The van der Waals surface area contributed by atoms with Crippen LogP contribution in [0.2, 0.25) is 0 Å². The molecular formula is C25H24N2O10. The van der Waals surface area contributed by atoms with Crippen molar-refractivity contribution < 1.29 is 47.7 Å². The number of hydrazone groups is 1. The van der Waals surface area contributed by atoms with Gasteiger partial charge in [-0.25, -0.2) is 0 Å². The molecule has 0 radical (unpaired) electrons. The van der Waals surface area contributed by atoms with E-state index in [1.165, 1.54) is 32.0 Å². The number of esters is 4. The van der Waals surface area contributed by atoms with Crippen LogP contribution in [0.5, 0.6) is 23.0 Å². The molecule has 1 aliphatic heterocycles. The molecule has 1 heterocycles. The molecule has 0 aliphatic carbocycles. The summed E-state index contributed by atoms with van der Waals surface area (Å²) in [5.74, 6) is -4.17. The van der Waals surface area contributed by atoms with Gasteiger partial charge in [-0.3, -0.25) is 24.0 Å². The number of carbonyl (C=O) groups is 5. The van der Waals surface area contributed by atoms with Crippen LogP contribution in [0.4, 0.5) is 0 Å². The Morgan fingerprint density at radius 2 is 1.24 bits per heavy atom. The molecule has 0 saturated carbocycles. The Morgan fingerprint density at radius 1 is 0.757 bits per heavy atom. The van der Waals surface area contributed by atoms with E-state index in [0.29, 0.717) is 5.56 Å². The number of benzene rings is 2. The van der Waals surface area contributed by atoms with Crippen molar-refractivity contribution in [2.24, 2.45) is 5.10 Å². The van der Waals surface area contributed by atoms with Gasteiger partial charge in [-0.1, -0.05) is 12.1 Å². The molecule has 1 aliphatic rings. The van der Waals surface area contributed by atoms with E-state index in [1.54, 1.807) is 25.1 Å². The van der Waals surface area contributed by atoms with Crippen molar-refractivity contribution in [2.75, 3.05) is 0 Å². The smallest absolute Gasteiger partial charge is 0.308 e. The normalized spacial score (nSPS) is 16.3. The number of carbonyl (C=O) groups excluding carboxylic acids is 5. The second-order valence-corrected chi connectivity index (χ2v) is 7.99. The fourth-order valence-corrected chi connectivity index (χ4v) is 3.59. The second-order valence-electron chi connectivity index (χ2n) is 7.99. The second kappa shape index (κ2) is 10.5. The lowest BCUT2D eigenvalue weighted by molar-refractivity contribution is -0.146. The molecule has 194 valence electrons. The minimum Gasteiger partial charge on any atom is -0.443 e. The van der Waals surface area contributed by atoms with Crippen LogP contribution in [0.3, 0.4) is 0 Å². The van der Waals surface area contributed by atoms with E-state index in [9.17, 15) is 24.0 Å². The highest BCUT2D eigenvalue weighted by Gasteiger charge is 2.47. The molecule has 1 amide bonds. The molecule has 0 N–H and O–H groups in total. The lowest BCUT2D eigenvalue weighted by Crippen LogP contribution is -2.41. The molecule has 2 aromatic rings. The number of ether oxygens (including phenoxy) is 5. The zero-order valence-corrected chi connectivity index (χ0v) is 20.9. The minimum atomic E-state index is -1.56. The molecule has 0 bridgehead atoms. The Hall–Kier alpha value is -4.74. The van der Waals surface area contributed by atoms with Gasteiger partial charge < -0.3 is 23.7 Å². The van der Waals surface area contributed by atoms with Crippen LogP contribution in [0, 0.1) is 0 Å². The van der Waals surface area contributed by atoms with Crippen molar-refractivity contribution in [1.29, 1.82) is 0 Å². The van der Waals surface area contributed by atoms with Crippen LogP contribution in [0.1, 0.15) is 52.7 Å². The van der Waals surface area contributed by atoms with Crippen LogP contribution >= 0.6 is 0 Å². The molecular weight excluding hydrogens is 488 g/mol. The van der Waals surface area contributed by atoms with Crippen molar-refractivity contribution in [3.63, 3.8) is 0 Å². The lowest BCUT2D eigenvalue weighted by atomic mass is 10.0. The van der Waals surface area contributed by atoms with Gasteiger partial charge in [0, 0.05) is 47.1 Å². The first-order chi connectivity index (χ1) is 17.3. The van der Waals surface area contributed by atoms with E-state index in [4.69, 9.17) is 23.7 Å². The summed E-state index contributed by atoms with van der Waals surface area (Å²) in [4.78, 5) is 59.4. The van der Waals surface area contributed by atoms with E-state index in [-0.39, 0.29) is 34.5 Å². The summed E-state index contributed by atoms with van der Waals surface area (Å²) >= 11 is 0. The Kier molecular flexibility index (Phi) is 7.61. The molecule has 0 spiro atoms. The van der Waals surface area contributed by atoms with Gasteiger partial charge in [-0.05, 0) is 24.3 Å². The van der Waals surface area contributed by atoms with Crippen LogP contribution in [-0.4, -0.2) is 40.7 Å². The monoisotopic (exact) mass is 512 g/mol. The van der Waals surface area contributed by atoms with Crippen molar-refractivity contribution in [3.8, 4) is 23.0 Å². The van der Waals surface area contributed by atoms with E-state index in [1.807, 2.05) is 0 Å². The van der Waals surface area contributed by atoms with Crippen molar-refractivity contribution >= 4 is 35.7 Å². The van der Waals surface area contributed by atoms with E-state index >= 15 is 0 Å². The van der Waals surface area contributed by atoms with E-state index < -0.39 is 35.5 Å². The molecule has 3 rings (SSSR count). The predicted octanol–water partition coefficient (Wildman–Crippen LogP) is 2.80. The molecule has 12 heteroatoms. The maximum Gasteiger partial charge on any atom is 0.308 e. The highest BCUT2D eigenvalue weighted by molar-refractivity contribution is 5.98. The molecule has 37 heavy (non-hydrogen) atoms. The number of para-hydroxylation sites is 1. The van der Waals surface area contributed by atoms with Crippen molar-refractivity contribution in [1.82, 2.24) is 5.01 Å². The summed E-state index contributed by atoms with van der Waals surface area (Å²) in [5.41, 5.74) is -1.13. The summed E-state index contributed by atoms with van der Waals surface area (Å²) in [6, 6.07) is 8.99. The predicted molar refractivity (Wildman–Crippen MR) is 126 cm³/mol. The molecule has 0 unspecified atom stereocenters. The van der Waals surface area contributed by atoms with Crippen LogP contribution in [-0.2, 0) is 34.4 Å². The van der Waals surface area contributed by atoms with Gasteiger partial charge in [0.1, 0.15) is 5.75 Å². The Labute approximate surface area is 211 Å². The van der Waals surface area contributed by atoms with Crippen molar-refractivity contribution in [2.45, 2.75) is 47.3 Å². The van der Waals surface area contributed by atoms with Gasteiger partial charge in [0.25, 0.3) is 0 Å². The summed E-state index contributed by atoms with van der Waals surface area (Å²) in [6.45, 7) is 7.40. The zero-order chi connectivity index (χ0) is 27.5. The third-order valence-electron chi connectivity index (χ3n) is 4.85. The molecule has 12 nitrogen and oxygen atoms in total. The van der Waals surface area contributed by atoms with Crippen LogP contribution < -0.4 is 18.9 Å². The van der Waals surface area contributed by atoms with Crippen molar-refractivity contribution in [3.05, 3.63) is 47.5 Å². The van der Waals surface area contributed by atoms with Gasteiger partial charge in [-0.2, -0.15) is 5.01 Å². The van der Waals surface area contributed by atoms with Gasteiger partial charge in [0.05, 0.1) is 5.56 Å². The maximum absolute atomic E-state index is 12.6. The molecule has 0 aromatic heterocycles.